The number of likely N-dealkylation sites (N-methyl/N-ethyl adjacent to an activating group) is 4. The Bertz CT molecular complexity index is 1290. The maximum atomic E-state index is 11.1. The van der Waals surface area contributed by atoms with Gasteiger partial charge < -0.3 is 41.7 Å². The van der Waals surface area contributed by atoms with Crippen LogP contribution in [-0.2, 0) is 38.4 Å². The molecule has 0 aromatic heterocycles. The number of carbonyl (C=O) groups excluding carboxylic acids is 8. The number of nitrogens with zero attached hydrogens (tertiary/aromatic N) is 3. The topological polar surface area (TPSA) is 220 Å². The van der Waals surface area contributed by atoms with E-state index in [-0.39, 0.29) is 41.4 Å². The Morgan fingerprint density at radius 3 is 1.00 bits per heavy atom. The van der Waals surface area contributed by atoms with Gasteiger partial charge in [-0.1, -0.05) is 86.7 Å². The minimum atomic E-state index is -0.481. The number of rotatable bonds is 20. The SMILES string of the molecule is C=CC(=O)N(C)C.C=CC(=O)N(CC)CC.C=CC(=O)N(CCC)CCC.C=CC(=O)NC.C=CC(=O)NCC.C=CC(=O)NCCC.C=CC(=O)NCCCC.C=CC(N)=O. The molecule has 0 unspecified atom stereocenters. The number of nitrogens with one attached hydrogen (secondary N) is 4. The van der Waals surface area contributed by atoms with Gasteiger partial charge >= 0.3 is 0 Å². The molecular weight excluding hydrogens is 793 g/mol. The number of nitrogens with two attached hydrogens (primary N) is 1. The molecule has 16 heteroatoms. The van der Waals surface area contributed by atoms with Gasteiger partial charge in [0.1, 0.15) is 0 Å². The van der Waals surface area contributed by atoms with E-state index in [9.17, 15) is 38.4 Å². The summed E-state index contributed by atoms with van der Waals surface area (Å²) in [5.41, 5.74) is 4.53. The monoisotopic (exact) mass is 877 g/mol. The van der Waals surface area contributed by atoms with Gasteiger partial charge in [-0.2, -0.15) is 0 Å². The van der Waals surface area contributed by atoms with Gasteiger partial charge in [-0.25, -0.2) is 0 Å². The van der Waals surface area contributed by atoms with Crippen molar-refractivity contribution < 1.29 is 38.4 Å². The summed E-state index contributed by atoms with van der Waals surface area (Å²) in [6, 6.07) is 0. The number of hydrogen-bond acceptors (Lipinski definition) is 8. The van der Waals surface area contributed by atoms with Crippen LogP contribution in [0.25, 0.3) is 0 Å². The lowest BCUT2D eigenvalue weighted by molar-refractivity contribution is -0.126. The van der Waals surface area contributed by atoms with Crippen molar-refractivity contribution in [2.75, 3.05) is 67.0 Å². The van der Waals surface area contributed by atoms with E-state index in [0.29, 0.717) is 6.54 Å². The molecule has 0 rings (SSSR count). The lowest BCUT2D eigenvalue weighted by Crippen LogP contribution is -2.30. The third kappa shape index (κ3) is 71.4. The van der Waals surface area contributed by atoms with Crippen LogP contribution < -0.4 is 27.0 Å². The van der Waals surface area contributed by atoms with E-state index < -0.39 is 5.91 Å². The van der Waals surface area contributed by atoms with Crippen LogP contribution >= 0.6 is 0 Å². The van der Waals surface area contributed by atoms with Crippen molar-refractivity contribution in [3.05, 3.63) is 101 Å². The van der Waals surface area contributed by atoms with E-state index >= 15 is 0 Å². The van der Waals surface area contributed by atoms with Gasteiger partial charge in [0.2, 0.25) is 47.3 Å². The van der Waals surface area contributed by atoms with Crippen LogP contribution in [0.1, 0.15) is 80.6 Å². The maximum absolute atomic E-state index is 11.1. The van der Waals surface area contributed by atoms with Gasteiger partial charge in [-0.15, -0.1) is 0 Å². The van der Waals surface area contributed by atoms with Crippen molar-refractivity contribution >= 4 is 47.3 Å². The third-order valence-corrected chi connectivity index (χ3v) is 6.26. The van der Waals surface area contributed by atoms with Crippen LogP contribution in [0.5, 0.6) is 0 Å². The minimum Gasteiger partial charge on any atom is -0.366 e. The molecule has 0 aromatic carbocycles. The Balaban J connectivity index is -0.0000000905. The maximum Gasteiger partial charge on any atom is 0.245 e. The predicted octanol–water partition coefficient (Wildman–Crippen LogP) is 4.79. The predicted molar refractivity (Wildman–Crippen MR) is 259 cm³/mol. The number of hydrogen-bond donors (Lipinski definition) is 5. The smallest absolute Gasteiger partial charge is 0.245 e. The number of primary amides is 1. The van der Waals surface area contributed by atoms with Crippen molar-refractivity contribution in [3.63, 3.8) is 0 Å². The van der Waals surface area contributed by atoms with Crippen LogP contribution in [0, 0.1) is 0 Å². The Hall–Kier alpha value is -6.32. The molecule has 0 heterocycles. The fraction of sp³-hybridized carbons (Fsp3) is 0.478. The molecule has 0 radical (unpaired) electrons. The highest BCUT2D eigenvalue weighted by atomic mass is 16.2. The van der Waals surface area contributed by atoms with Crippen molar-refractivity contribution in [2.45, 2.75) is 80.6 Å². The van der Waals surface area contributed by atoms with Crippen molar-refractivity contribution in [1.82, 2.24) is 36.0 Å². The summed E-state index contributed by atoms with van der Waals surface area (Å²) in [6.45, 7) is 45.7. The van der Waals surface area contributed by atoms with E-state index in [1.165, 1.54) is 47.4 Å². The number of carbonyl (C=O) groups is 8. The van der Waals surface area contributed by atoms with Crippen molar-refractivity contribution in [1.29, 1.82) is 0 Å². The van der Waals surface area contributed by atoms with Crippen LogP contribution in [0.4, 0.5) is 0 Å². The van der Waals surface area contributed by atoms with E-state index in [2.05, 4.69) is 100 Å². The molecule has 0 aliphatic rings. The first-order chi connectivity index (χ1) is 29.2. The van der Waals surface area contributed by atoms with E-state index in [4.69, 9.17) is 0 Å². The van der Waals surface area contributed by atoms with Gasteiger partial charge in [0.05, 0.1) is 0 Å². The molecular formula is C46H84N8O8. The first kappa shape index (κ1) is 73.2. The molecule has 0 saturated carbocycles. The molecule has 0 bridgehead atoms. The van der Waals surface area contributed by atoms with Crippen LogP contribution in [-0.4, -0.2) is 129 Å². The average molecular weight is 877 g/mol. The summed E-state index contributed by atoms with van der Waals surface area (Å²) in [5, 5.41) is 10.2. The zero-order chi connectivity index (χ0) is 50.3. The normalized spacial score (nSPS) is 8.10. The second-order valence-corrected chi connectivity index (χ2v) is 11.5. The summed E-state index contributed by atoms with van der Waals surface area (Å²) in [5.74, 6) is -0.897. The summed E-state index contributed by atoms with van der Waals surface area (Å²) in [6.07, 6.45) is 15.2. The third-order valence-electron chi connectivity index (χ3n) is 6.26. The second kappa shape index (κ2) is 61.3. The number of unbranched alkanes of at least 4 members (excludes halogenated alkanes) is 1. The first-order valence-corrected chi connectivity index (χ1v) is 20.3. The summed E-state index contributed by atoms with van der Waals surface area (Å²) >= 11 is 0. The lowest BCUT2D eigenvalue weighted by atomic mass is 10.3. The average Bonchev–Trinajstić information content (AvgIpc) is 3.28. The highest BCUT2D eigenvalue weighted by Gasteiger charge is 2.06. The molecule has 16 nitrogen and oxygen atoms in total. The first-order valence-electron chi connectivity index (χ1n) is 20.3. The van der Waals surface area contributed by atoms with Crippen molar-refractivity contribution in [3.8, 4) is 0 Å². The second-order valence-electron chi connectivity index (χ2n) is 11.5. The van der Waals surface area contributed by atoms with Crippen LogP contribution in [0.15, 0.2) is 101 Å². The van der Waals surface area contributed by atoms with Crippen LogP contribution in [0.2, 0.25) is 0 Å². The molecule has 0 fully saturated rings. The lowest BCUT2D eigenvalue weighted by Gasteiger charge is -2.18. The quantitative estimate of drug-likeness (QED) is 0.0844. The van der Waals surface area contributed by atoms with Gasteiger partial charge in [-0.05, 0) is 95.1 Å². The molecule has 0 aromatic rings. The molecule has 8 amide bonds. The van der Waals surface area contributed by atoms with Crippen molar-refractivity contribution in [2.24, 2.45) is 5.73 Å². The Kier molecular flexibility index (Phi) is 72.5. The van der Waals surface area contributed by atoms with E-state index in [0.717, 1.165) is 77.4 Å². The molecule has 0 atom stereocenters. The zero-order valence-corrected chi connectivity index (χ0v) is 39.9. The van der Waals surface area contributed by atoms with E-state index in [1.54, 1.807) is 26.0 Å². The van der Waals surface area contributed by atoms with E-state index in [1.807, 2.05) is 32.6 Å². The fourth-order valence-electron chi connectivity index (χ4n) is 2.98. The molecule has 0 aliphatic carbocycles. The molecule has 0 spiro atoms. The van der Waals surface area contributed by atoms with Gasteiger partial charge in [0, 0.05) is 67.0 Å². The minimum absolute atomic E-state index is 0.0139. The van der Waals surface area contributed by atoms with Gasteiger partial charge in [0.15, 0.2) is 0 Å². The zero-order valence-electron chi connectivity index (χ0n) is 39.9. The fourth-order valence-corrected chi connectivity index (χ4v) is 2.98. The standard InChI is InChI=1S/C9H17NO.2C7H13NO.C6H11NO.2C5H9NO.C4H7NO.C3H5NO/c1-4-7-10(8-5-2)9(11)6-3;1-4-7(9)8(5-2)6-3;1-3-5-6-8-7(9)4-2;1-3-5-7-6(8)4-2;1-4-5(7)6(2)3;1-3-5(7)6-4-2;1-3-4(6)5-2;1-2-3(4)5/h6H,3-5,7-8H2,1-2H3;4H,1,5-6H2,2-3H3;4H,2-3,5-6H2,1H3,(H,8,9);4H,2-3,5H2,1H3,(H,7,8);4H,1H2,2-3H3;3H,1,4H2,2H3,(H,6,7);3H,1H2,2H3,(H,5,6);2H,1H2,(H2,4,5). The Morgan fingerprint density at radius 1 is 0.468 bits per heavy atom. The molecule has 0 saturated heterocycles. The van der Waals surface area contributed by atoms with Gasteiger partial charge in [0.25, 0.3) is 0 Å². The highest BCUT2D eigenvalue weighted by Crippen LogP contribution is 1.95. The Labute approximate surface area is 375 Å². The molecule has 0 aliphatic heterocycles. The summed E-state index contributed by atoms with van der Waals surface area (Å²) in [4.78, 5) is 87.6. The molecule has 6 N–H and O–H groups in total. The van der Waals surface area contributed by atoms with Gasteiger partial charge in [-0.3, -0.25) is 38.4 Å². The Morgan fingerprint density at radius 2 is 0.823 bits per heavy atom. The number of amides is 8. The summed E-state index contributed by atoms with van der Waals surface area (Å²) in [7, 11) is 4.93. The summed E-state index contributed by atoms with van der Waals surface area (Å²) < 4.78 is 0. The highest BCUT2D eigenvalue weighted by molar-refractivity contribution is 5.89. The largest absolute Gasteiger partial charge is 0.366 e. The van der Waals surface area contributed by atoms with Crippen LogP contribution in [0.3, 0.4) is 0 Å². The molecule has 356 valence electrons. The molecule has 62 heavy (non-hydrogen) atoms.